The molecule has 104 valence electrons. The van der Waals surface area contributed by atoms with Gasteiger partial charge in [-0.1, -0.05) is 30.0 Å². The summed E-state index contributed by atoms with van der Waals surface area (Å²) in [6, 6.07) is 9.37. The maximum Gasteiger partial charge on any atom is 0.237 e. The fourth-order valence-electron chi connectivity index (χ4n) is 1.47. The summed E-state index contributed by atoms with van der Waals surface area (Å²) in [4.78, 5) is 25.1. The molecule has 4 N–H and O–H groups in total. The van der Waals surface area contributed by atoms with Gasteiger partial charge in [0.2, 0.25) is 17.8 Å². The molecule has 0 saturated carbocycles. The maximum absolute atomic E-state index is 12.1. The van der Waals surface area contributed by atoms with Crippen molar-refractivity contribution >= 4 is 35.3 Å². The Labute approximate surface area is 120 Å². The van der Waals surface area contributed by atoms with E-state index in [9.17, 15) is 4.79 Å². The Morgan fingerprint density at radius 2 is 1.75 bits per heavy atom. The van der Waals surface area contributed by atoms with Crippen LogP contribution in [0.2, 0.25) is 0 Å². The van der Waals surface area contributed by atoms with Crippen LogP contribution in [0, 0.1) is 0 Å². The Hall–Kier alpha value is -2.35. The predicted octanol–water partition coefficient (Wildman–Crippen LogP) is 0.791. The average molecular weight is 290 g/mol. The van der Waals surface area contributed by atoms with Crippen LogP contribution in [0.1, 0.15) is 0 Å². The van der Waals surface area contributed by atoms with Gasteiger partial charge in [0.15, 0.2) is 5.16 Å². The number of para-hydroxylation sites is 1. The van der Waals surface area contributed by atoms with Gasteiger partial charge in [0.1, 0.15) is 0 Å². The van der Waals surface area contributed by atoms with Gasteiger partial charge in [0, 0.05) is 12.7 Å². The van der Waals surface area contributed by atoms with E-state index in [1.54, 1.807) is 11.9 Å². The fraction of sp³-hybridized carbons (Fsp3) is 0.167. The van der Waals surface area contributed by atoms with Crippen LogP contribution in [-0.2, 0) is 4.79 Å². The molecule has 1 aromatic heterocycles. The van der Waals surface area contributed by atoms with E-state index in [4.69, 9.17) is 11.5 Å². The van der Waals surface area contributed by atoms with E-state index >= 15 is 0 Å². The van der Waals surface area contributed by atoms with E-state index in [-0.39, 0.29) is 23.6 Å². The summed E-state index contributed by atoms with van der Waals surface area (Å²) >= 11 is 1.17. The summed E-state index contributed by atoms with van der Waals surface area (Å²) in [5.41, 5.74) is 11.8. The minimum atomic E-state index is -0.0706. The summed E-state index contributed by atoms with van der Waals surface area (Å²) in [5.74, 6) is 0.209. The van der Waals surface area contributed by atoms with Crippen LogP contribution in [0.5, 0.6) is 0 Å². The number of nitrogens with zero attached hydrogens (tertiary/aromatic N) is 4. The molecule has 0 atom stereocenters. The van der Waals surface area contributed by atoms with Gasteiger partial charge in [-0.05, 0) is 12.1 Å². The zero-order valence-corrected chi connectivity index (χ0v) is 11.7. The van der Waals surface area contributed by atoms with E-state index < -0.39 is 0 Å². The van der Waals surface area contributed by atoms with Gasteiger partial charge in [-0.15, -0.1) is 0 Å². The van der Waals surface area contributed by atoms with Crippen molar-refractivity contribution in [1.29, 1.82) is 0 Å². The standard InChI is InChI=1S/C12H14N6OS/c1-18(8-5-3-2-4-6-8)9(19)7-20-12-16-10(13)15-11(14)17-12/h2-6H,7H2,1H3,(H4,13,14,15,16,17). The van der Waals surface area contributed by atoms with E-state index in [0.29, 0.717) is 5.16 Å². The summed E-state index contributed by atoms with van der Waals surface area (Å²) < 4.78 is 0. The van der Waals surface area contributed by atoms with Crippen LogP contribution in [0.25, 0.3) is 0 Å². The minimum absolute atomic E-state index is 0.0452. The van der Waals surface area contributed by atoms with Gasteiger partial charge in [-0.3, -0.25) is 4.79 Å². The number of amides is 1. The van der Waals surface area contributed by atoms with E-state index in [1.165, 1.54) is 11.8 Å². The van der Waals surface area contributed by atoms with Gasteiger partial charge < -0.3 is 16.4 Å². The molecule has 0 saturated heterocycles. The minimum Gasteiger partial charge on any atom is -0.368 e. The highest BCUT2D eigenvalue weighted by molar-refractivity contribution is 7.99. The summed E-state index contributed by atoms with van der Waals surface area (Å²) in [6.45, 7) is 0. The Bertz CT molecular complexity index is 586. The SMILES string of the molecule is CN(C(=O)CSc1nc(N)nc(N)n1)c1ccccc1. The van der Waals surface area contributed by atoms with Crippen LogP contribution < -0.4 is 16.4 Å². The smallest absolute Gasteiger partial charge is 0.237 e. The number of hydrogen-bond acceptors (Lipinski definition) is 7. The first-order valence-corrected chi connectivity index (χ1v) is 6.76. The number of anilines is 3. The second-order valence-electron chi connectivity index (χ2n) is 3.91. The number of nitrogen functional groups attached to an aromatic ring is 2. The van der Waals surface area contributed by atoms with E-state index in [1.807, 2.05) is 30.3 Å². The lowest BCUT2D eigenvalue weighted by atomic mass is 10.3. The van der Waals surface area contributed by atoms with Gasteiger partial charge in [-0.25, -0.2) is 0 Å². The third-order valence-corrected chi connectivity index (χ3v) is 3.32. The normalized spacial score (nSPS) is 10.2. The molecule has 0 aliphatic heterocycles. The van der Waals surface area contributed by atoms with Gasteiger partial charge in [0.05, 0.1) is 5.75 Å². The molecular formula is C12H14N6OS. The molecule has 20 heavy (non-hydrogen) atoms. The number of hydrogen-bond donors (Lipinski definition) is 2. The number of nitrogens with two attached hydrogens (primary N) is 2. The molecule has 7 nitrogen and oxygen atoms in total. The summed E-state index contributed by atoms with van der Waals surface area (Å²) in [6.07, 6.45) is 0. The molecule has 0 radical (unpaired) electrons. The quantitative estimate of drug-likeness (QED) is 0.801. The van der Waals surface area contributed by atoms with Crippen molar-refractivity contribution in [2.45, 2.75) is 5.16 Å². The second-order valence-corrected chi connectivity index (χ2v) is 4.85. The van der Waals surface area contributed by atoms with Crippen molar-refractivity contribution in [1.82, 2.24) is 15.0 Å². The molecule has 1 amide bonds. The lowest BCUT2D eigenvalue weighted by Gasteiger charge is -2.16. The number of benzene rings is 1. The Morgan fingerprint density at radius 1 is 1.15 bits per heavy atom. The molecular weight excluding hydrogens is 276 g/mol. The predicted molar refractivity (Wildman–Crippen MR) is 79.2 cm³/mol. The maximum atomic E-state index is 12.1. The van der Waals surface area contributed by atoms with E-state index in [2.05, 4.69) is 15.0 Å². The van der Waals surface area contributed by atoms with Crippen molar-refractivity contribution in [2.75, 3.05) is 29.2 Å². The fourth-order valence-corrected chi connectivity index (χ4v) is 2.23. The molecule has 0 aliphatic carbocycles. The number of carbonyl (C=O) groups excluding carboxylic acids is 1. The second kappa shape index (κ2) is 6.20. The molecule has 1 heterocycles. The lowest BCUT2D eigenvalue weighted by Crippen LogP contribution is -2.27. The van der Waals surface area contributed by atoms with Crippen LogP contribution >= 0.6 is 11.8 Å². The summed E-state index contributed by atoms with van der Waals surface area (Å²) in [7, 11) is 1.72. The highest BCUT2D eigenvalue weighted by atomic mass is 32.2. The molecule has 2 aromatic rings. The van der Waals surface area contributed by atoms with Crippen LogP contribution in [0.15, 0.2) is 35.5 Å². The number of carbonyl (C=O) groups is 1. The Morgan fingerprint density at radius 3 is 2.35 bits per heavy atom. The van der Waals surface area contributed by atoms with Crippen molar-refractivity contribution in [3.05, 3.63) is 30.3 Å². The Balaban J connectivity index is 1.98. The van der Waals surface area contributed by atoms with Gasteiger partial charge >= 0.3 is 0 Å². The van der Waals surface area contributed by atoms with Crippen molar-refractivity contribution in [3.8, 4) is 0 Å². The van der Waals surface area contributed by atoms with E-state index in [0.717, 1.165) is 5.69 Å². The zero-order valence-electron chi connectivity index (χ0n) is 10.9. The number of thioether (sulfide) groups is 1. The Kier molecular flexibility index (Phi) is 4.36. The van der Waals surface area contributed by atoms with Crippen molar-refractivity contribution in [3.63, 3.8) is 0 Å². The van der Waals surface area contributed by atoms with Crippen molar-refractivity contribution < 1.29 is 4.79 Å². The molecule has 1 aromatic carbocycles. The molecule has 0 fully saturated rings. The average Bonchev–Trinajstić information content (AvgIpc) is 2.44. The van der Waals surface area contributed by atoms with Crippen LogP contribution in [0.3, 0.4) is 0 Å². The van der Waals surface area contributed by atoms with Crippen LogP contribution in [-0.4, -0.2) is 33.7 Å². The number of rotatable bonds is 4. The first-order valence-electron chi connectivity index (χ1n) is 5.77. The van der Waals surface area contributed by atoms with Gasteiger partial charge in [0.25, 0.3) is 0 Å². The molecule has 0 spiro atoms. The van der Waals surface area contributed by atoms with Crippen molar-refractivity contribution in [2.24, 2.45) is 0 Å². The highest BCUT2D eigenvalue weighted by Gasteiger charge is 2.12. The summed E-state index contributed by atoms with van der Waals surface area (Å²) in [5, 5.41) is 0.338. The molecule has 2 rings (SSSR count). The lowest BCUT2D eigenvalue weighted by molar-refractivity contribution is -0.115. The topological polar surface area (TPSA) is 111 Å². The first kappa shape index (κ1) is 14.1. The molecule has 0 aliphatic rings. The first-order chi connectivity index (χ1) is 9.56. The van der Waals surface area contributed by atoms with Crippen LogP contribution in [0.4, 0.5) is 17.6 Å². The van der Waals surface area contributed by atoms with Gasteiger partial charge in [-0.2, -0.15) is 15.0 Å². The zero-order chi connectivity index (χ0) is 14.5. The number of aromatic nitrogens is 3. The third-order valence-electron chi connectivity index (χ3n) is 2.49. The molecule has 0 bridgehead atoms. The highest BCUT2D eigenvalue weighted by Crippen LogP contribution is 2.17. The largest absolute Gasteiger partial charge is 0.368 e. The molecule has 0 unspecified atom stereocenters. The monoisotopic (exact) mass is 290 g/mol. The third kappa shape index (κ3) is 3.58. The molecule has 8 heteroatoms.